The number of rotatable bonds is 5. The summed E-state index contributed by atoms with van der Waals surface area (Å²) in [6.07, 6.45) is 2.89. The van der Waals surface area contributed by atoms with E-state index in [-0.39, 0.29) is 0 Å². The van der Waals surface area contributed by atoms with Crippen LogP contribution in [0.5, 0.6) is 0 Å². The summed E-state index contributed by atoms with van der Waals surface area (Å²) in [5.41, 5.74) is 0. The van der Waals surface area contributed by atoms with Crippen molar-refractivity contribution in [2.75, 3.05) is 0 Å². The first-order valence-electron chi connectivity index (χ1n) is 4.47. The van der Waals surface area contributed by atoms with Crippen LogP contribution in [0.2, 0.25) is 0 Å². The molecule has 1 unspecified atom stereocenters. The zero-order chi connectivity index (χ0) is 11.6. The van der Waals surface area contributed by atoms with Gasteiger partial charge in [0, 0.05) is 5.38 Å². The van der Waals surface area contributed by atoms with Gasteiger partial charge in [0.1, 0.15) is 6.42 Å². The molecule has 0 aliphatic heterocycles. The minimum absolute atomic E-state index is 0.375. The summed E-state index contributed by atoms with van der Waals surface area (Å²) in [5.74, 6) is -2.62. The van der Waals surface area contributed by atoms with E-state index in [4.69, 9.17) is 21.8 Å². The van der Waals surface area contributed by atoms with Gasteiger partial charge in [0.15, 0.2) is 0 Å². The maximum absolute atomic E-state index is 9.43. The van der Waals surface area contributed by atoms with Crippen molar-refractivity contribution in [3.63, 3.8) is 0 Å². The molecule has 14 heavy (non-hydrogen) atoms. The van der Waals surface area contributed by atoms with Crippen LogP contribution in [0, 0.1) is 0 Å². The summed E-state index contributed by atoms with van der Waals surface area (Å²) in [6.45, 7) is 4.22. The third-order valence-corrected chi connectivity index (χ3v) is 1.48. The van der Waals surface area contributed by atoms with E-state index in [1.54, 1.807) is 0 Å². The van der Waals surface area contributed by atoms with Crippen molar-refractivity contribution >= 4 is 23.5 Å². The molecule has 1 atom stereocenters. The Bertz CT molecular complexity index is 156. The first-order chi connectivity index (χ1) is 6.40. The maximum atomic E-state index is 9.43. The van der Waals surface area contributed by atoms with Gasteiger partial charge in [0.2, 0.25) is 0 Å². The topological polar surface area (TPSA) is 74.6 Å². The Morgan fingerprint density at radius 2 is 1.71 bits per heavy atom. The second-order valence-corrected chi connectivity index (χ2v) is 3.63. The number of halogens is 1. The van der Waals surface area contributed by atoms with Gasteiger partial charge in [-0.3, -0.25) is 9.59 Å². The number of carboxylic acid groups (broad SMARTS) is 2. The fraction of sp³-hybridized carbons (Fsp3) is 0.778. The molecule has 0 bridgehead atoms. The van der Waals surface area contributed by atoms with Gasteiger partial charge in [0.25, 0.3) is 0 Å². The number of aliphatic carboxylic acids is 2. The summed E-state index contributed by atoms with van der Waals surface area (Å²) < 4.78 is 0. The van der Waals surface area contributed by atoms with Crippen molar-refractivity contribution in [1.82, 2.24) is 0 Å². The molecule has 0 heterocycles. The molecule has 0 aliphatic carbocycles. The second kappa shape index (κ2) is 10.3. The summed E-state index contributed by atoms with van der Waals surface area (Å²) in [7, 11) is 0. The number of hydrogen-bond donors (Lipinski definition) is 2. The quantitative estimate of drug-likeness (QED) is 0.555. The second-order valence-electron chi connectivity index (χ2n) is 2.89. The smallest absolute Gasteiger partial charge is 0.314 e. The van der Waals surface area contributed by atoms with E-state index in [0.717, 1.165) is 6.42 Å². The Labute approximate surface area is 88.9 Å². The van der Waals surface area contributed by atoms with E-state index in [1.165, 1.54) is 12.8 Å². The first kappa shape index (κ1) is 15.7. The van der Waals surface area contributed by atoms with Crippen LogP contribution < -0.4 is 0 Å². The standard InChI is InChI=1S/C6H13Cl.C3H4O4/c1-3-4-5-6(2)7;4-2(5)1-3(6)7/h6H,3-5H2,1-2H3;1H2,(H,4,5)(H,6,7). The number of carbonyl (C=O) groups is 2. The normalized spacial score (nSPS) is 11.1. The molecule has 4 nitrogen and oxygen atoms in total. The van der Waals surface area contributed by atoms with Crippen molar-refractivity contribution in [1.29, 1.82) is 0 Å². The van der Waals surface area contributed by atoms with E-state index in [0.29, 0.717) is 5.38 Å². The van der Waals surface area contributed by atoms with E-state index in [9.17, 15) is 9.59 Å². The zero-order valence-corrected chi connectivity index (χ0v) is 9.25. The van der Waals surface area contributed by atoms with Gasteiger partial charge >= 0.3 is 11.9 Å². The van der Waals surface area contributed by atoms with Gasteiger partial charge < -0.3 is 10.2 Å². The van der Waals surface area contributed by atoms with Crippen molar-refractivity contribution in [3.05, 3.63) is 0 Å². The Morgan fingerprint density at radius 3 is 1.79 bits per heavy atom. The van der Waals surface area contributed by atoms with Gasteiger partial charge in [-0.2, -0.15) is 0 Å². The molecule has 0 aromatic heterocycles. The van der Waals surface area contributed by atoms with E-state index >= 15 is 0 Å². The van der Waals surface area contributed by atoms with Gasteiger partial charge in [-0.15, -0.1) is 11.6 Å². The molecule has 0 radical (unpaired) electrons. The van der Waals surface area contributed by atoms with Crippen LogP contribution >= 0.6 is 11.6 Å². The summed E-state index contributed by atoms with van der Waals surface area (Å²) >= 11 is 5.66. The third-order valence-electron chi connectivity index (χ3n) is 1.26. The summed E-state index contributed by atoms with van der Waals surface area (Å²) in [5, 5.41) is 15.8. The summed E-state index contributed by atoms with van der Waals surface area (Å²) in [4.78, 5) is 18.9. The molecule has 2 N–H and O–H groups in total. The maximum Gasteiger partial charge on any atom is 0.314 e. The average molecular weight is 225 g/mol. The Kier molecular flexibility index (Phi) is 11.6. The van der Waals surface area contributed by atoms with Crippen LogP contribution in [-0.2, 0) is 9.59 Å². The predicted molar refractivity (Wildman–Crippen MR) is 54.7 cm³/mol. The first-order valence-corrected chi connectivity index (χ1v) is 4.91. The highest BCUT2D eigenvalue weighted by Crippen LogP contribution is 2.04. The molecule has 0 rings (SSSR count). The van der Waals surface area contributed by atoms with Crippen LogP contribution in [0.1, 0.15) is 39.5 Å². The monoisotopic (exact) mass is 224 g/mol. The SMILES string of the molecule is CCCCC(C)Cl.O=C(O)CC(=O)O. The van der Waals surface area contributed by atoms with Crippen LogP contribution in [0.3, 0.4) is 0 Å². The van der Waals surface area contributed by atoms with Crippen molar-refractivity contribution in [3.8, 4) is 0 Å². The lowest BCUT2D eigenvalue weighted by atomic mass is 10.2. The molecule has 5 heteroatoms. The lowest BCUT2D eigenvalue weighted by Gasteiger charge is -1.96. The average Bonchev–Trinajstić information content (AvgIpc) is 1.99. The van der Waals surface area contributed by atoms with Gasteiger partial charge in [-0.25, -0.2) is 0 Å². The van der Waals surface area contributed by atoms with Crippen LogP contribution in [0.4, 0.5) is 0 Å². The molecule has 0 saturated carbocycles. The molecule has 0 fully saturated rings. The number of hydrogen-bond acceptors (Lipinski definition) is 2. The van der Waals surface area contributed by atoms with Gasteiger partial charge in [-0.05, 0) is 13.3 Å². The lowest BCUT2D eigenvalue weighted by Crippen LogP contribution is -2.03. The van der Waals surface area contributed by atoms with Gasteiger partial charge in [-0.1, -0.05) is 19.8 Å². The minimum Gasteiger partial charge on any atom is -0.481 e. The summed E-state index contributed by atoms with van der Waals surface area (Å²) in [6, 6.07) is 0. The fourth-order valence-electron chi connectivity index (χ4n) is 0.615. The molecule has 84 valence electrons. The fourth-order valence-corrected chi connectivity index (χ4v) is 0.769. The Balaban J connectivity index is 0. The van der Waals surface area contributed by atoms with E-state index in [2.05, 4.69) is 6.92 Å². The third kappa shape index (κ3) is 22.5. The van der Waals surface area contributed by atoms with Crippen LogP contribution in [0.15, 0.2) is 0 Å². The largest absolute Gasteiger partial charge is 0.481 e. The molecule has 0 aromatic carbocycles. The van der Waals surface area contributed by atoms with Gasteiger partial charge in [0.05, 0.1) is 0 Å². The highest BCUT2D eigenvalue weighted by atomic mass is 35.5. The minimum atomic E-state index is -1.31. The van der Waals surface area contributed by atoms with E-state index in [1.807, 2.05) is 6.92 Å². The van der Waals surface area contributed by atoms with Crippen LogP contribution in [0.25, 0.3) is 0 Å². The highest BCUT2D eigenvalue weighted by molar-refractivity contribution is 6.20. The molecule has 0 spiro atoms. The molecule has 0 aliphatic rings. The predicted octanol–water partition coefficient (Wildman–Crippen LogP) is 2.35. The van der Waals surface area contributed by atoms with Crippen molar-refractivity contribution in [2.24, 2.45) is 0 Å². The van der Waals surface area contributed by atoms with Crippen molar-refractivity contribution in [2.45, 2.75) is 44.9 Å². The Morgan fingerprint density at radius 1 is 1.29 bits per heavy atom. The highest BCUT2D eigenvalue weighted by Gasteiger charge is 2.01. The Hall–Kier alpha value is -0.770. The van der Waals surface area contributed by atoms with E-state index < -0.39 is 18.4 Å². The molecule has 0 aromatic rings. The number of unbranched alkanes of at least 4 members (excludes halogenated alkanes) is 1. The molecule has 0 saturated heterocycles. The number of alkyl halides is 1. The molecular formula is C9H17ClO4. The molecular weight excluding hydrogens is 208 g/mol. The zero-order valence-electron chi connectivity index (χ0n) is 8.49. The molecule has 0 amide bonds. The number of carboxylic acids is 2. The van der Waals surface area contributed by atoms with Crippen LogP contribution in [-0.4, -0.2) is 27.5 Å². The van der Waals surface area contributed by atoms with Crippen molar-refractivity contribution < 1.29 is 19.8 Å². The lowest BCUT2D eigenvalue weighted by molar-refractivity contribution is -0.147.